The molecular weight excluding hydrogens is 634 g/mol. The number of fused-ring (bicyclic) bond motifs is 1. The molecule has 6 rings (SSSR count). The number of tetrazole rings is 1. The van der Waals surface area contributed by atoms with Gasteiger partial charge in [-0.1, -0.05) is 24.3 Å². The van der Waals surface area contributed by atoms with Crippen molar-refractivity contribution >= 4 is 34.6 Å². The van der Waals surface area contributed by atoms with E-state index in [2.05, 4.69) is 55.0 Å². The summed E-state index contributed by atoms with van der Waals surface area (Å²) in [7, 11) is 0. The highest BCUT2D eigenvalue weighted by molar-refractivity contribution is 6.17. The number of hydrogen-bond acceptors (Lipinski definition) is 9. The van der Waals surface area contributed by atoms with Crippen LogP contribution in [-0.4, -0.2) is 66.7 Å². The van der Waals surface area contributed by atoms with E-state index in [0.29, 0.717) is 36.5 Å². The Morgan fingerprint density at radius 2 is 1.70 bits per heavy atom. The molecule has 2 heterocycles. The van der Waals surface area contributed by atoms with E-state index in [-0.39, 0.29) is 24.2 Å². The smallest absolute Gasteiger partial charge is 0.407 e. The fourth-order valence-corrected chi connectivity index (χ4v) is 6.47. The lowest BCUT2D eigenvalue weighted by Crippen LogP contribution is -2.50. The minimum atomic E-state index is -0.959. The van der Waals surface area contributed by atoms with Crippen LogP contribution in [-0.2, 0) is 20.7 Å². The molecule has 50 heavy (non-hydrogen) atoms. The van der Waals surface area contributed by atoms with Crippen molar-refractivity contribution in [2.45, 2.75) is 71.4 Å². The zero-order chi connectivity index (χ0) is 35.4. The summed E-state index contributed by atoms with van der Waals surface area (Å²) in [5.41, 5.74) is 13.1. The number of rotatable bonds is 9. The molecule has 0 bridgehead atoms. The minimum Gasteiger partial charge on any atom is -0.444 e. The summed E-state index contributed by atoms with van der Waals surface area (Å²) < 4.78 is 5.36. The molecule has 1 aliphatic carbocycles. The number of imide groups is 1. The molecule has 0 aliphatic heterocycles. The highest BCUT2D eigenvalue weighted by Crippen LogP contribution is 2.33. The Balaban J connectivity index is 1.15. The molecule has 1 fully saturated rings. The first kappa shape index (κ1) is 34.4. The molecule has 0 spiro atoms. The quantitative estimate of drug-likeness (QED) is 0.157. The number of carbonyl (C=O) groups excluding carboxylic acids is 3. The van der Waals surface area contributed by atoms with Crippen LogP contribution < -0.4 is 16.0 Å². The van der Waals surface area contributed by atoms with Gasteiger partial charge in [-0.2, -0.15) is 5.21 Å². The van der Waals surface area contributed by atoms with E-state index in [4.69, 9.17) is 10.5 Å². The number of aromatic amines is 2. The van der Waals surface area contributed by atoms with Gasteiger partial charge in [0.2, 0.25) is 11.7 Å². The van der Waals surface area contributed by atoms with E-state index < -0.39 is 23.6 Å². The first-order valence-electron chi connectivity index (χ1n) is 16.9. The standard InChI is InChI=1S/C37H43N9O4/c1-22-17-31-32(41-21-40-31)19-29(22)25-9-5-23(6-10-25)18-30(38)35(48)46(28-15-13-26(14-16-28)33-42-44-45-43-33)34(47)27-11-7-24(8-12-27)20-39-36(49)50-37(2,3)4/h5-6,9-10,13-17,19,21,24,27,30H,7-8,11-12,18,20,38H2,1-4H3,(H,39,49)(H,40,41)(H,42,43,44,45)/t24-,27-,30-/m0/s1. The van der Waals surface area contributed by atoms with Crippen LogP contribution in [0.25, 0.3) is 33.5 Å². The number of aromatic nitrogens is 6. The third-order valence-corrected chi connectivity index (χ3v) is 9.10. The van der Waals surface area contributed by atoms with Crippen LogP contribution in [0.4, 0.5) is 10.5 Å². The molecule has 1 saturated carbocycles. The molecule has 0 unspecified atom stereocenters. The predicted octanol–water partition coefficient (Wildman–Crippen LogP) is 5.48. The number of imidazole rings is 1. The number of alkyl carbamates (subject to hydrolysis) is 1. The molecule has 5 N–H and O–H groups in total. The van der Waals surface area contributed by atoms with Gasteiger partial charge >= 0.3 is 6.09 Å². The van der Waals surface area contributed by atoms with Crippen LogP contribution >= 0.6 is 0 Å². The number of nitrogens with zero attached hydrogens (tertiary/aromatic N) is 5. The lowest BCUT2D eigenvalue weighted by atomic mass is 9.81. The number of nitrogens with two attached hydrogens (primary N) is 1. The van der Waals surface area contributed by atoms with Gasteiger partial charge in [0.15, 0.2) is 0 Å². The zero-order valence-electron chi connectivity index (χ0n) is 28.8. The van der Waals surface area contributed by atoms with Gasteiger partial charge in [0.1, 0.15) is 5.60 Å². The van der Waals surface area contributed by atoms with Crippen molar-refractivity contribution in [2.24, 2.45) is 17.6 Å². The Morgan fingerprint density at radius 1 is 1.00 bits per heavy atom. The van der Waals surface area contributed by atoms with Gasteiger partial charge < -0.3 is 20.8 Å². The monoisotopic (exact) mass is 677 g/mol. The second-order valence-electron chi connectivity index (χ2n) is 14.0. The number of ether oxygens (including phenoxy) is 1. The Morgan fingerprint density at radius 3 is 2.36 bits per heavy atom. The van der Waals surface area contributed by atoms with Crippen LogP contribution in [0.3, 0.4) is 0 Å². The molecule has 5 aromatic rings. The fraction of sp³-hybridized carbons (Fsp3) is 0.378. The predicted molar refractivity (Wildman–Crippen MR) is 190 cm³/mol. The van der Waals surface area contributed by atoms with E-state index in [1.165, 1.54) is 4.90 Å². The first-order chi connectivity index (χ1) is 23.9. The van der Waals surface area contributed by atoms with Gasteiger partial charge in [0, 0.05) is 18.0 Å². The average Bonchev–Trinajstić information content (AvgIpc) is 3.80. The summed E-state index contributed by atoms with van der Waals surface area (Å²) in [4.78, 5) is 49.2. The van der Waals surface area contributed by atoms with E-state index in [1.807, 2.05) is 45.0 Å². The number of anilines is 1. The fourth-order valence-electron chi connectivity index (χ4n) is 6.47. The van der Waals surface area contributed by atoms with Gasteiger partial charge in [-0.05, 0) is 130 Å². The number of hydrogen-bond donors (Lipinski definition) is 4. The highest BCUT2D eigenvalue weighted by Gasteiger charge is 2.35. The second-order valence-corrected chi connectivity index (χ2v) is 14.0. The summed E-state index contributed by atoms with van der Waals surface area (Å²) in [6, 6.07) is 18.1. The van der Waals surface area contributed by atoms with Gasteiger partial charge in [0.05, 0.1) is 29.1 Å². The molecule has 260 valence electrons. The first-order valence-corrected chi connectivity index (χ1v) is 16.9. The van der Waals surface area contributed by atoms with Gasteiger partial charge in [-0.25, -0.2) is 14.7 Å². The maximum absolute atomic E-state index is 14.2. The maximum Gasteiger partial charge on any atom is 0.407 e. The van der Waals surface area contributed by atoms with E-state index in [0.717, 1.165) is 46.1 Å². The number of amides is 3. The molecule has 0 radical (unpaired) electrons. The summed E-state index contributed by atoms with van der Waals surface area (Å²) >= 11 is 0. The topological polar surface area (TPSA) is 185 Å². The van der Waals surface area contributed by atoms with Gasteiger partial charge in [-0.15, -0.1) is 10.2 Å². The summed E-state index contributed by atoms with van der Waals surface area (Å²) in [5.74, 6) is -0.508. The molecule has 2 aromatic heterocycles. The van der Waals surface area contributed by atoms with Gasteiger partial charge in [-0.3, -0.25) is 9.59 Å². The largest absolute Gasteiger partial charge is 0.444 e. The van der Waals surface area contributed by atoms with E-state index in [1.54, 1.807) is 30.6 Å². The SMILES string of the molecule is Cc1cc2nc[nH]c2cc1-c1ccc(C[C@H](N)C(=O)N(c2ccc(-c3nn[nH]n3)cc2)C(=O)[C@H]2CC[C@H](CNC(=O)OC(C)(C)C)CC2)cc1. The zero-order valence-corrected chi connectivity index (χ0v) is 28.8. The molecule has 3 amide bonds. The van der Waals surface area contributed by atoms with Gasteiger partial charge in [0.25, 0.3) is 5.91 Å². The summed E-state index contributed by atoms with van der Waals surface area (Å²) in [5, 5.41) is 16.9. The Labute approximate surface area is 290 Å². The lowest BCUT2D eigenvalue weighted by molar-refractivity contribution is -0.130. The Bertz CT molecular complexity index is 1940. The van der Waals surface area contributed by atoms with Crippen molar-refractivity contribution in [3.8, 4) is 22.5 Å². The van der Waals surface area contributed by atoms with E-state index in [9.17, 15) is 14.4 Å². The number of benzene rings is 3. The van der Waals surface area contributed by atoms with Crippen molar-refractivity contribution in [1.82, 2.24) is 35.9 Å². The molecule has 1 atom stereocenters. The van der Waals surface area contributed by atoms with Crippen LogP contribution in [0.15, 0.2) is 67.0 Å². The summed E-state index contributed by atoms with van der Waals surface area (Å²) in [6.45, 7) is 7.99. The van der Waals surface area contributed by atoms with Crippen LogP contribution in [0.2, 0.25) is 0 Å². The second kappa shape index (κ2) is 14.6. The molecule has 3 aromatic carbocycles. The van der Waals surface area contributed by atoms with Crippen molar-refractivity contribution in [3.63, 3.8) is 0 Å². The molecule has 0 saturated heterocycles. The van der Waals surface area contributed by atoms with Crippen LogP contribution in [0.1, 0.15) is 57.6 Å². The van der Waals surface area contributed by atoms with E-state index >= 15 is 0 Å². The summed E-state index contributed by atoms with van der Waals surface area (Å²) in [6.07, 6.45) is 4.13. The van der Waals surface area contributed by atoms with Crippen LogP contribution in [0, 0.1) is 18.8 Å². The molecule has 1 aliphatic rings. The minimum absolute atomic E-state index is 0.209. The number of aryl methyl sites for hydroxylation is 1. The van der Waals surface area contributed by atoms with Crippen molar-refractivity contribution in [3.05, 3.63) is 78.1 Å². The highest BCUT2D eigenvalue weighted by atomic mass is 16.6. The number of H-pyrrole nitrogens is 2. The number of carbonyl (C=O) groups is 3. The van der Waals surface area contributed by atoms with Crippen molar-refractivity contribution in [1.29, 1.82) is 0 Å². The average molecular weight is 678 g/mol. The lowest BCUT2D eigenvalue weighted by Gasteiger charge is -2.32. The Kier molecular flexibility index (Phi) is 10.0. The van der Waals surface area contributed by atoms with Crippen molar-refractivity contribution in [2.75, 3.05) is 11.4 Å². The number of nitrogens with one attached hydrogen (secondary N) is 3. The third kappa shape index (κ3) is 8.05. The van der Waals surface area contributed by atoms with Crippen LogP contribution in [0.5, 0.6) is 0 Å². The Hall–Kier alpha value is -5.43. The molecule has 13 heteroatoms. The third-order valence-electron chi connectivity index (χ3n) is 9.10. The normalized spacial score (nSPS) is 16.9. The van der Waals surface area contributed by atoms with Crippen molar-refractivity contribution < 1.29 is 19.1 Å². The molecular formula is C37H43N9O4. The molecule has 13 nitrogen and oxygen atoms in total. The maximum atomic E-state index is 14.2.